The second-order valence-corrected chi connectivity index (χ2v) is 5.46. The van der Waals surface area contributed by atoms with E-state index in [9.17, 15) is 18.1 Å². The van der Waals surface area contributed by atoms with Gasteiger partial charge in [0.15, 0.2) is 0 Å². The van der Waals surface area contributed by atoms with Crippen molar-refractivity contribution in [2.24, 2.45) is 0 Å². The summed E-state index contributed by atoms with van der Waals surface area (Å²) in [4.78, 5) is -2.26. The molecule has 1 aromatic carbocycles. The van der Waals surface area contributed by atoms with E-state index in [0.717, 1.165) is 0 Å². The highest BCUT2D eigenvalue weighted by atomic mass is 32.2. The third-order valence-electron chi connectivity index (χ3n) is 2.73. The number of benzene rings is 1. The lowest BCUT2D eigenvalue weighted by Gasteiger charge is -2.28. The zero-order chi connectivity index (χ0) is 12.5. The van der Waals surface area contributed by atoms with Gasteiger partial charge < -0.3 is 5.11 Å². The molecule has 2 rings (SSSR count). The van der Waals surface area contributed by atoms with Crippen molar-refractivity contribution in [1.29, 1.82) is 0 Å². The van der Waals surface area contributed by atoms with Gasteiger partial charge in [-0.1, -0.05) is 48.6 Å². The van der Waals surface area contributed by atoms with Gasteiger partial charge in [-0.2, -0.15) is 8.42 Å². The first-order valence-corrected chi connectivity index (χ1v) is 6.51. The van der Waals surface area contributed by atoms with Crippen LogP contribution in [0.1, 0.15) is 12.0 Å². The molecule has 1 aliphatic carbocycles. The molecule has 4 nitrogen and oxygen atoms in total. The van der Waals surface area contributed by atoms with E-state index < -0.39 is 15.1 Å². The summed E-state index contributed by atoms with van der Waals surface area (Å²) in [6, 6.07) is 8.62. The Labute approximate surface area is 99.7 Å². The Kier molecular flexibility index (Phi) is 2.91. The molecule has 5 heteroatoms. The zero-order valence-corrected chi connectivity index (χ0v) is 9.76. The molecular formula is C12H12O4S. The number of rotatable bonds is 2. The van der Waals surface area contributed by atoms with Crippen LogP contribution >= 0.6 is 0 Å². The first kappa shape index (κ1) is 12.0. The lowest BCUT2D eigenvalue weighted by molar-refractivity contribution is 0.172. The van der Waals surface area contributed by atoms with Gasteiger partial charge >= 0.3 is 0 Å². The number of hydrogen-bond donors (Lipinski definition) is 2. The molecule has 2 N–H and O–H groups in total. The molecule has 0 aliphatic heterocycles. The third kappa shape index (κ3) is 2.04. The summed E-state index contributed by atoms with van der Waals surface area (Å²) >= 11 is 0. The van der Waals surface area contributed by atoms with E-state index in [0.29, 0.717) is 5.56 Å². The summed E-state index contributed by atoms with van der Waals surface area (Å²) in [5.41, 5.74) is 0.750. The van der Waals surface area contributed by atoms with E-state index >= 15 is 0 Å². The topological polar surface area (TPSA) is 74.6 Å². The van der Waals surface area contributed by atoms with E-state index in [1.165, 1.54) is 12.2 Å². The normalized spacial score (nSPS) is 24.5. The molecule has 0 radical (unpaired) electrons. The van der Waals surface area contributed by atoms with Crippen molar-refractivity contribution in [1.82, 2.24) is 0 Å². The lowest BCUT2D eigenvalue weighted by Crippen LogP contribution is -2.39. The Morgan fingerprint density at radius 3 is 2.41 bits per heavy atom. The summed E-state index contributed by atoms with van der Waals surface area (Å²) in [5.74, 6) is 0. The first-order chi connectivity index (χ1) is 7.95. The molecule has 0 saturated carbocycles. The van der Waals surface area contributed by atoms with Crippen molar-refractivity contribution < 1.29 is 18.1 Å². The van der Waals surface area contributed by atoms with Crippen LogP contribution in [-0.4, -0.2) is 23.0 Å². The molecule has 0 heterocycles. The molecule has 0 fully saturated rings. The van der Waals surface area contributed by atoms with Crippen LogP contribution in [0.15, 0.2) is 48.6 Å². The summed E-state index contributed by atoms with van der Waals surface area (Å²) in [7, 11) is -4.59. The summed E-state index contributed by atoms with van der Waals surface area (Å²) in [5, 5.41) is 10.2. The molecule has 0 spiro atoms. The summed E-state index contributed by atoms with van der Waals surface area (Å²) < 4.78 is 31.8. The molecule has 17 heavy (non-hydrogen) atoms. The second-order valence-electron chi connectivity index (χ2n) is 3.84. The van der Waals surface area contributed by atoms with Gasteiger partial charge in [-0.25, -0.2) is 0 Å². The molecule has 0 aromatic heterocycles. The fourth-order valence-corrected chi connectivity index (χ4v) is 2.59. The van der Waals surface area contributed by atoms with Crippen molar-refractivity contribution in [3.8, 4) is 0 Å². The van der Waals surface area contributed by atoms with E-state index in [1.807, 2.05) is 0 Å². The van der Waals surface area contributed by atoms with E-state index in [4.69, 9.17) is 0 Å². The minimum absolute atomic E-state index is 0.160. The van der Waals surface area contributed by atoms with Gasteiger partial charge in [0.05, 0.1) is 0 Å². The van der Waals surface area contributed by atoms with Gasteiger partial charge in [-0.15, -0.1) is 0 Å². The maximum Gasteiger partial charge on any atom is 0.299 e. The quantitative estimate of drug-likeness (QED) is 0.784. The van der Waals surface area contributed by atoms with Gasteiger partial charge in [0.2, 0.25) is 4.93 Å². The zero-order valence-electron chi connectivity index (χ0n) is 8.95. The Balaban J connectivity index is 2.58. The Hall–Kier alpha value is -1.43. The van der Waals surface area contributed by atoms with Crippen LogP contribution in [0, 0.1) is 0 Å². The lowest BCUT2D eigenvalue weighted by atomic mass is 9.94. The predicted molar refractivity (Wildman–Crippen MR) is 64.7 cm³/mol. The van der Waals surface area contributed by atoms with Crippen LogP contribution in [0.4, 0.5) is 0 Å². The fraction of sp³-hybridized carbons (Fsp3) is 0.167. The summed E-state index contributed by atoms with van der Waals surface area (Å²) in [6.45, 7) is 0. The Bertz CT molecular complexity index is 572. The average Bonchev–Trinajstić information content (AvgIpc) is 2.29. The predicted octanol–water partition coefficient (Wildman–Crippen LogP) is 1.61. The van der Waals surface area contributed by atoms with Gasteiger partial charge in [0, 0.05) is 12.0 Å². The summed E-state index contributed by atoms with van der Waals surface area (Å²) in [6.07, 6.45) is 4.49. The average molecular weight is 252 g/mol. The number of hydrogen-bond acceptors (Lipinski definition) is 3. The fourth-order valence-electron chi connectivity index (χ4n) is 1.82. The van der Waals surface area contributed by atoms with Crippen molar-refractivity contribution in [2.45, 2.75) is 11.4 Å². The van der Waals surface area contributed by atoms with Crippen molar-refractivity contribution >= 4 is 15.7 Å². The first-order valence-electron chi connectivity index (χ1n) is 5.07. The molecule has 0 amide bonds. The van der Waals surface area contributed by atoms with E-state index in [2.05, 4.69) is 0 Å². The molecule has 1 unspecified atom stereocenters. The van der Waals surface area contributed by atoms with Crippen LogP contribution in [0.3, 0.4) is 0 Å². The molecule has 0 bridgehead atoms. The van der Waals surface area contributed by atoms with Crippen molar-refractivity contribution in [2.75, 3.05) is 0 Å². The molecule has 1 aromatic rings. The standard InChI is InChI=1S/C12H12O4S/c13-12(17(14,15)16)9-5-4-8-11(12)10-6-2-1-3-7-10/h1-8,13H,9H2,(H,14,15,16). The highest BCUT2D eigenvalue weighted by Crippen LogP contribution is 2.36. The SMILES string of the molecule is O=S(=O)(O)C1(O)CC=CC=C1c1ccccc1. The molecular weight excluding hydrogens is 240 g/mol. The molecule has 1 atom stereocenters. The highest BCUT2D eigenvalue weighted by molar-refractivity contribution is 7.87. The Morgan fingerprint density at radius 2 is 1.82 bits per heavy atom. The van der Waals surface area contributed by atoms with Gasteiger partial charge in [0.25, 0.3) is 10.1 Å². The third-order valence-corrected chi connectivity index (χ3v) is 3.97. The van der Waals surface area contributed by atoms with E-state index in [-0.39, 0.29) is 12.0 Å². The molecule has 1 aliphatic rings. The minimum Gasteiger partial charge on any atom is -0.369 e. The number of allylic oxidation sites excluding steroid dienone is 2. The molecule has 90 valence electrons. The van der Waals surface area contributed by atoms with Crippen LogP contribution in [0.2, 0.25) is 0 Å². The maximum absolute atomic E-state index is 11.3. The van der Waals surface area contributed by atoms with Crippen LogP contribution < -0.4 is 0 Å². The maximum atomic E-state index is 11.3. The Morgan fingerprint density at radius 1 is 1.18 bits per heavy atom. The van der Waals surface area contributed by atoms with Gasteiger partial charge in [0.1, 0.15) is 0 Å². The smallest absolute Gasteiger partial charge is 0.299 e. The van der Waals surface area contributed by atoms with Crippen molar-refractivity contribution in [3.05, 3.63) is 54.1 Å². The van der Waals surface area contributed by atoms with Crippen LogP contribution in [0.25, 0.3) is 5.57 Å². The largest absolute Gasteiger partial charge is 0.369 e. The highest BCUT2D eigenvalue weighted by Gasteiger charge is 2.44. The van der Waals surface area contributed by atoms with E-state index in [1.54, 1.807) is 36.4 Å². The van der Waals surface area contributed by atoms with Crippen LogP contribution in [-0.2, 0) is 10.1 Å². The second kappa shape index (κ2) is 4.10. The molecule has 0 saturated heterocycles. The van der Waals surface area contributed by atoms with Gasteiger partial charge in [-0.05, 0) is 5.56 Å². The van der Waals surface area contributed by atoms with Gasteiger partial charge in [-0.3, -0.25) is 4.55 Å². The monoisotopic (exact) mass is 252 g/mol. The number of aliphatic hydroxyl groups is 1. The van der Waals surface area contributed by atoms with Crippen LogP contribution in [0.5, 0.6) is 0 Å². The minimum atomic E-state index is -4.59. The van der Waals surface area contributed by atoms with Crippen molar-refractivity contribution in [3.63, 3.8) is 0 Å².